The monoisotopic (exact) mass is 265 g/mol. The summed E-state index contributed by atoms with van der Waals surface area (Å²) in [4.78, 5) is 23.9. The Kier molecular flexibility index (Phi) is 2.72. The molecule has 10 heteroatoms. The molecule has 0 aromatic carbocycles. The molecule has 2 bridgehead atoms. The highest BCUT2D eigenvalue weighted by Gasteiger charge is 2.48. The second kappa shape index (κ2) is 3.82. The van der Waals surface area contributed by atoms with Crippen LogP contribution in [0.5, 0.6) is 0 Å². The number of rotatable bonds is 3. The second-order valence-corrected chi connectivity index (χ2v) is 4.92. The second-order valence-electron chi connectivity index (χ2n) is 3.91. The number of primary amides is 1. The van der Waals surface area contributed by atoms with E-state index in [4.69, 9.17) is 10.3 Å². The van der Waals surface area contributed by atoms with Gasteiger partial charge in [-0.2, -0.15) is 13.5 Å². The van der Waals surface area contributed by atoms with Crippen molar-refractivity contribution in [2.24, 2.45) is 5.73 Å². The third-order valence-electron chi connectivity index (χ3n) is 2.83. The van der Waals surface area contributed by atoms with Crippen LogP contribution in [-0.4, -0.2) is 53.5 Å². The predicted octanol–water partition coefficient (Wildman–Crippen LogP) is -1.53. The summed E-state index contributed by atoms with van der Waals surface area (Å²) in [6.07, 6.45) is 0.725. The molecule has 2 aliphatic heterocycles. The number of urea groups is 1. The maximum absolute atomic E-state index is 11.7. The number of piperidine rings is 1. The van der Waals surface area contributed by atoms with E-state index in [0.29, 0.717) is 17.9 Å². The molecule has 0 aromatic rings. The van der Waals surface area contributed by atoms with Gasteiger partial charge in [0.15, 0.2) is 0 Å². The molecule has 3 N–H and O–H groups in total. The number of hydrogen-bond donors (Lipinski definition) is 2. The minimum absolute atomic E-state index is 0.155. The first-order chi connectivity index (χ1) is 7.79. The molecular weight excluding hydrogens is 254 g/mol. The average molecular weight is 265 g/mol. The molecule has 3 amide bonds. The van der Waals surface area contributed by atoms with Crippen LogP contribution < -0.4 is 5.73 Å². The highest BCUT2D eigenvalue weighted by molar-refractivity contribution is 7.80. The summed E-state index contributed by atoms with van der Waals surface area (Å²) >= 11 is 0. The molecule has 0 aromatic heterocycles. The minimum atomic E-state index is -4.75. The van der Waals surface area contributed by atoms with Crippen molar-refractivity contribution in [3.63, 3.8) is 0 Å². The fourth-order valence-corrected chi connectivity index (χ4v) is 2.52. The van der Waals surface area contributed by atoms with E-state index in [9.17, 15) is 18.0 Å². The third-order valence-corrected chi connectivity index (χ3v) is 3.17. The van der Waals surface area contributed by atoms with E-state index >= 15 is 0 Å². The first-order valence-corrected chi connectivity index (χ1v) is 6.22. The van der Waals surface area contributed by atoms with E-state index in [1.54, 1.807) is 0 Å². The number of carbonyl (C=O) groups excluding carboxylic acids is 2. The van der Waals surface area contributed by atoms with Gasteiger partial charge in [0.05, 0.1) is 6.04 Å². The number of hydrogen-bond acceptors (Lipinski definition) is 5. The summed E-state index contributed by atoms with van der Waals surface area (Å²) in [5.41, 5.74) is 5.13. The van der Waals surface area contributed by atoms with E-state index < -0.39 is 34.4 Å². The molecular formula is C7H11N3O6S. The van der Waals surface area contributed by atoms with Gasteiger partial charge in [-0.05, 0) is 12.8 Å². The molecule has 2 aliphatic rings. The van der Waals surface area contributed by atoms with Crippen LogP contribution in [0, 0.1) is 0 Å². The Balaban J connectivity index is 2.20. The van der Waals surface area contributed by atoms with Gasteiger partial charge in [0.2, 0.25) is 5.91 Å². The van der Waals surface area contributed by atoms with Gasteiger partial charge in [0.25, 0.3) is 0 Å². The molecule has 96 valence electrons. The van der Waals surface area contributed by atoms with Gasteiger partial charge in [-0.1, -0.05) is 0 Å². The Morgan fingerprint density at radius 3 is 2.65 bits per heavy atom. The smallest absolute Gasteiger partial charge is 0.368 e. The lowest BCUT2D eigenvalue weighted by atomic mass is 10.0. The van der Waals surface area contributed by atoms with Crippen molar-refractivity contribution >= 4 is 22.3 Å². The Bertz CT molecular complexity index is 462. The summed E-state index contributed by atoms with van der Waals surface area (Å²) in [6, 6.07) is -2.04. The van der Waals surface area contributed by atoms with Gasteiger partial charge in [-0.25, -0.2) is 4.79 Å². The van der Waals surface area contributed by atoms with Gasteiger partial charge >= 0.3 is 16.4 Å². The standard InChI is InChI=1S/C7H11N3O6S/c8-6(11)5-2-1-4-3-9(5)7(12)10(4)16-17(13,14)15/h4-5H,1-3H2,(H2,8,11)(H,13,14,15)/t4-,5+/m0/s1. The van der Waals surface area contributed by atoms with Crippen LogP contribution in [0.2, 0.25) is 0 Å². The fraction of sp³-hybridized carbons (Fsp3) is 0.714. The molecule has 0 aliphatic carbocycles. The van der Waals surface area contributed by atoms with Crippen LogP contribution in [-0.2, 0) is 19.5 Å². The highest BCUT2D eigenvalue weighted by atomic mass is 32.3. The van der Waals surface area contributed by atoms with Crippen LogP contribution in [0.25, 0.3) is 0 Å². The van der Waals surface area contributed by atoms with Crippen LogP contribution in [0.4, 0.5) is 4.79 Å². The van der Waals surface area contributed by atoms with Crippen molar-refractivity contribution in [3.05, 3.63) is 0 Å². The van der Waals surface area contributed by atoms with Gasteiger partial charge in [0.1, 0.15) is 6.04 Å². The SMILES string of the molecule is NC(=O)[C@H]1CC[C@H]2CN1C(=O)N2OS(=O)(=O)O. The number of nitrogens with zero attached hydrogens (tertiary/aromatic N) is 2. The fourth-order valence-electron chi connectivity index (χ4n) is 2.13. The summed E-state index contributed by atoms with van der Waals surface area (Å²) in [5, 5.41) is 0.568. The van der Waals surface area contributed by atoms with Crippen molar-refractivity contribution in [2.75, 3.05) is 6.54 Å². The van der Waals surface area contributed by atoms with E-state index in [1.807, 2.05) is 0 Å². The zero-order valence-electron chi connectivity index (χ0n) is 8.64. The zero-order valence-corrected chi connectivity index (χ0v) is 9.46. The topological polar surface area (TPSA) is 130 Å². The number of hydroxylamine groups is 2. The predicted molar refractivity (Wildman–Crippen MR) is 52.6 cm³/mol. The van der Waals surface area contributed by atoms with Crippen molar-refractivity contribution in [1.29, 1.82) is 0 Å². The number of carbonyl (C=O) groups is 2. The van der Waals surface area contributed by atoms with Crippen LogP contribution >= 0.6 is 0 Å². The lowest BCUT2D eigenvalue weighted by Crippen LogP contribution is -2.47. The number of nitrogens with two attached hydrogens (primary N) is 1. The van der Waals surface area contributed by atoms with Crippen LogP contribution in [0.15, 0.2) is 0 Å². The van der Waals surface area contributed by atoms with Crippen LogP contribution in [0.3, 0.4) is 0 Å². The number of fused-ring (bicyclic) bond motifs is 2. The van der Waals surface area contributed by atoms with Crippen molar-refractivity contribution < 1.29 is 26.8 Å². The normalized spacial score (nSPS) is 28.6. The third kappa shape index (κ3) is 2.18. The molecule has 2 rings (SSSR count). The average Bonchev–Trinajstić information content (AvgIpc) is 2.42. The van der Waals surface area contributed by atoms with E-state index in [1.165, 1.54) is 0 Å². The molecule has 2 fully saturated rings. The summed E-state index contributed by atoms with van der Waals surface area (Å²) in [7, 11) is -4.75. The molecule has 0 unspecified atom stereocenters. The maximum Gasteiger partial charge on any atom is 0.418 e. The van der Waals surface area contributed by atoms with Gasteiger partial charge in [0, 0.05) is 6.54 Å². The molecule has 2 heterocycles. The molecule has 17 heavy (non-hydrogen) atoms. The van der Waals surface area contributed by atoms with Gasteiger partial charge in [-0.15, -0.1) is 4.28 Å². The molecule has 0 radical (unpaired) electrons. The maximum atomic E-state index is 11.7. The van der Waals surface area contributed by atoms with Crippen molar-refractivity contribution in [3.8, 4) is 0 Å². The van der Waals surface area contributed by atoms with E-state index in [0.717, 1.165) is 4.90 Å². The highest BCUT2D eigenvalue weighted by Crippen LogP contribution is 2.30. The quantitative estimate of drug-likeness (QED) is 0.595. The molecule has 2 saturated heterocycles. The van der Waals surface area contributed by atoms with Gasteiger partial charge < -0.3 is 10.6 Å². The first-order valence-electron chi connectivity index (χ1n) is 4.86. The Morgan fingerprint density at radius 2 is 2.12 bits per heavy atom. The largest absolute Gasteiger partial charge is 0.418 e. The molecule has 0 spiro atoms. The Hall–Kier alpha value is -1.39. The minimum Gasteiger partial charge on any atom is -0.368 e. The summed E-state index contributed by atoms with van der Waals surface area (Å²) in [5.74, 6) is -0.648. The first kappa shape index (κ1) is 12.1. The Labute approximate surface area is 97.0 Å². The molecule has 0 saturated carbocycles. The van der Waals surface area contributed by atoms with E-state index in [2.05, 4.69) is 4.28 Å². The lowest BCUT2D eigenvalue weighted by Gasteiger charge is -2.27. The van der Waals surface area contributed by atoms with E-state index in [-0.39, 0.29) is 6.54 Å². The van der Waals surface area contributed by atoms with Crippen molar-refractivity contribution in [2.45, 2.75) is 24.9 Å². The Morgan fingerprint density at radius 1 is 1.47 bits per heavy atom. The van der Waals surface area contributed by atoms with Crippen LogP contribution in [0.1, 0.15) is 12.8 Å². The molecule has 9 nitrogen and oxygen atoms in total. The van der Waals surface area contributed by atoms with Gasteiger partial charge in [-0.3, -0.25) is 9.35 Å². The summed E-state index contributed by atoms with van der Waals surface area (Å²) < 4.78 is 33.8. The molecule has 2 atom stereocenters. The summed E-state index contributed by atoms with van der Waals surface area (Å²) in [6.45, 7) is 0.155. The lowest BCUT2D eigenvalue weighted by molar-refractivity contribution is -0.122. The van der Waals surface area contributed by atoms with Crippen molar-refractivity contribution in [1.82, 2.24) is 9.96 Å². The number of amides is 3. The zero-order chi connectivity index (χ0) is 12.8.